The summed E-state index contributed by atoms with van der Waals surface area (Å²) in [4.78, 5) is 13.7. The number of carbonyl (C=O) groups is 1. The molecule has 0 aromatic heterocycles. The second-order valence-corrected chi connectivity index (χ2v) is 5.18. The van der Waals surface area contributed by atoms with Gasteiger partial charge < -0.3 is 15.2 Å². The molecule has 5 heteroatoms. The van der Waals surface area contributed by atoms with Crippen molar-refractivity contribution in [1.82, 2.24) is 0 Å². The maximum absolute atomic E-state index is 12.1. The fourth-order valence-electron chi connectivity index (χ4n) is 1.78. The van der Waals surface area contributed by atoms with Gasteiger partial charge in [0, 0.05) is 0 Å². The summed E-state index contributed by atoms with van der Waals surface area (Å²) in [7, 11) is 0. The first-order chi connectivity index (χ1) is 8.38. The van der Waals surface area contributed by atoms with E-state index in [4.69, 9.17) is 15.2 Å². The van der Waals surface area contributed by atoms with Gasteiger partial charge in [-0.1, -0.05) is 6.07 Å². The summed E-state index contributed by atoms with van der Waals surface area (Å²) >= 11 is 0. The predicted octanol–water partition coefficient (Wildman–Crippen LogP) is 2.40. The Bertz CT molecular complexity index is 466. The van der Waals surface area contributed by atoms with Crippen LogP contribution < -0.4 is 15.4 Å². The minimum absolute atomic E-state index is 0.377. The van der Waals surface area contributed by atoms with Gasteiger partial charge in [-0.15, -0.1) is 0 Å². The van der Waals surface area contributed by atoms with Crippen LogP contribution in [-0.4, -0.2) is 24.8 Å². The third-order valence-electron chi connectivity index (χ3n) is 2.49. The number of fused-ring (bicyclic) bond motifs is 1. The number of hydrogen-bond acceptors (Lipinski definition) is 4. The number of hydrogen-bond donors (Lipinski definition) is 1. The van der Waals surface area contributed by atoms with Gasteiger partial charge in [-0.05, 0) is 32.9 Å². The van der Waals surface area contributed by atoms with Gasteiger partial charge in [0.15, 0.2) is 5.75 Å². The highest BCUT2D eigenvalue weighted by molar-refractivity contribution is 5.92. The Kier molecular flexibility index (Phi) is 3.07. The normalized spacial score (nSPS) is 14.7. The number of ether oxygens (including phenoxy) is 2. The molecule has 0 aliphatic carbocycles. The number of benzene rings is 1. The SMILES string of the molecule is CC(C)(C)OC(=O)N1CCOc2c(N)cccc21. The van der Waals surface area contributed by atoms with Gasteiger partial charge in [-0.3, -0.25) is 4.90 Å². The van der Waals surface area contributed by atoms with Crippen LogP contribution in [0, 0.1) is 0 Å². The van der Waals surface area contributed by atoms with E-state index in [0.717, 1.165) is 0 Å². The Labute approximate surface area is 106 Å². The van der Waals surface area contributed by atoms with Crippen molar-refractivity contribution in [3.05, 3.63) is 18.2 Å². The lowest BCUT2D eigenvalue weighted by Crippen LogP contribution is -2.41. The van der Waals surface area contributed by atoms with Crippen LogP contribution in [0.2, 0.25) is 0 Å². The van der Waals surface area contributed by atoms with Crippen LogP contribution in [-0.2, 0) is 4.74 Å². The van der Waals surface area contributed by atoms with E-state index in [1.165, 1.54) is 0 Å². The molecular formula is C13H18N2O3. The Balaban J connectivity index is 2.28. The van der Waals surface area contributed by atoms with Gasteiger partial charge in [0.05, 0.1) is 17.9 Å². The molecule has 0 atom stereocenters. The van der Waals surface area contributed by atoms with E-state index >= 15 is 0 Å². The van der Waals surface area contributed by atoms with Crippen LogP contribution in [0.3, 0.4) is 0 Å². The molecule has 1 aromatic rings. The Morgan fingerprint density at radius 2 is 2.17 bits per heavy atom. The molecule has 0 saturated heterocycles. The zero-order valence-electron chi connectivity index (χ0n) is 10.9. The zero-order chi connectivity index (χ0) is 13.3. The van der Waals surface area contributed by atoms with Crippen LogP contribution in [0.15, 0.2) is 18.2 Å². The van der Waals surface area contributed by atoms with Crippen molar-refractivity contribution in [2.45, 2.75) is 26.4 Å². The minimum Gasteiger partial charge on any atom is -0.487 e. The lowest BCUT2D eigenvalue weighted by Gasteiger charge is -2.32. The second kappa shape index (κ2) is 4.40. The fourth-order valence-corrected chi connectivity index (χ4v) is 1.78. The predicted molar refractivity (Wildman–Crippen MR) is 69.9 cm³/mol. The summed E-state index contributed by atoms with van der Waals surface area (Å²) in [5.74, 6) is 0.551. The summed E-state index contributed by atoms with van der Waals surface area (Å²) in [6, 6.07) is 5.34. The van der Waals surface area contributed by atoms with Crippen molar-refractivity contribution in [3.63, 3.8) is 0 Å². The minimum atomic E-state index is -0.518. The maximum Gasteiger partial charge on any atom is 0.415 e. The van der Waals surface area contributed by atoms with E-state index in [9.17, 15) is 4.79 Å². The Morgan fingerprint density at radius 3 is 2.83 bits per heavy atom. The summed E-state index contributed by atoms with van der Waals surface area (Å²) in [5, 5.41) is 0. The van der Waals surface area contributed by atoms with Crippen LogP contribution in [0.5, 0.6) is 5.75 Å². The summed E-state index contributed by atoms with van der Waals surface area (Å²) < 4.78 is 10.9. The highest BCUT2D eigenvalue weighted by atomic mass is 16.6. The van der Waals surface area contributed by atoms with Gasteiger partial charge in [0.1, 0.15) is 12.2 Å². The van der Waals surface area contributed by atoms with Crippen molar-refractivity contribution >= 4 is 17.5 Å². The molecule has 1 aliphatic rings. The lowest BCUT2D eigenvalue weighted by molar-refractivity contribution is 0.0568. The molecule has 1 amide bonds. The zero-order valence-corrected chi connectivity index (χ0v) is 10.9. The molecule has 5 nitrogen and oxygen atoms in total. The number of rotatable bonds is 0. The van der Waals surface area contributed by atoms with Gasteiger partial charge in [-0.25, -0.2) is 4.79 Å². The highest BCUT2D eigenvalue weighted by Gasteiger charge is 2.28. The second-order valence-electron chi connectivity index (χ2n) is 5.18. The molecule has 1 heterocycles. The van der Waals surface area contributed by atoms with Crippen molar-refractivity contribution < 1.29 is 14.3 Å². The van der Waals surface area contributed by atoms with Crippen LogP contribution in [0.25, 0.3) is 0 Å². The van der Waals surface area contributed by atoms with E-state index < -0.39 is 5.60 Å². The number of anilines is 2. The number of carbonyl (C=O) groups excluding carboxylic acids is 1. The van der Waals surface area contributed by atoms with Gasteiger partial charge in [0.25, 0.3) is 0 Å². The van der Waals surface area contributed by atoms with Crippen LogP contribution in [0.1, 0.15) is 20.8 Å². The van der Waals surface area contributed by atoms with Crippen molar-refractivity contribution in [3.8, 4) is 5.75 Å². The average molecular weight is 250 g/mol. The molecule has 98 valence electrons. The van der Waals surface area contributed by atoms with E-state index in [2.05, 4.69) is 0 Å². The third-order valence-corrected chi connectivity index (χ3v) is 2.49. The molecule has 2 rings (SSSR count). The van der Waals surface area contributed by atoms with Crippen LogP contribution >= 0.6 is 0 Å². The topological polar surface area (TPSA) is 64.8 Å². The number of nitrogens with two attached hydrogens (primary N) is 1. The lowest BCUT2D eigenvalue weighted by atomic mass is 10.2. The van der Waals surface area contributed by atoms with Crippen molar-refractivity contribution in [2.24, 2.45) is 0 Å². The Morgan fingerprint density at radius 1 is 1.44 bits per heavy atom. The molecule has 0 radical (unpaired) electrons. The average Bonchev–Trinajstić information content (AvgIpc) is 2.26. The smallest absolute Gasteiger partial charge is 0.415 e. The van der Waals surface area contributed by atoms with Gasteiger partial charge in [-0.2, -0.15) is 0 Å². The molecule has 1 aliphatic heterocycles. The summed E-state index contributed by atoms with van der Waals surface area (Å²) in [6.07, 6.45) is -0.377. The highest BCUT2D eigenvalue weighted by Crippen LogP contribution is 2.37. The summed E-state index contributed by atoms with van der Waals surface area (Å²) in [5.41, 5.74) is 6.50. The molecule has 18 heavy (non-hydrogen) atoms. The molecule has 0 spiro atoms. The molecular weight excluding hydrogens is 232 g/mol. The molecule has 0 unspecified atom stereocenters. The van der Waals surface area contributed by atoms with E-state index in [0.29, 0.717) is 30.3 Å². The molecule has 2 N–H and O–H groups in total. The fraction of sp³-hybridized carbons (Fsp3) is 0.462. The van der Waals surface area contributed by atoms with Crippen LogP contribution in [0.4, 0.5) is 16.2 Å². The molecule has 0 bridgehead atoms. The van der Waals surface area contributed by atoms with E-state index in [1.54, 1.807) is 23.1 Å². The van der Waals surface area contributed by atoms with Crippen molar-refractivity contribution in [1.29, 1.82) is 0 Å². The number of nitrogens with zero attached hydrogens (tertiary/aromatic N) is 1. The molecule has 1 aromatic carbocycles. The quantitative estimate of drug-likeness (QED) is 0.718. The third kappa shape index (κ3) is 2.50. The first-order valence-electron chi connectivity index (χ1n) is 5.90. The standard InChI is InChI=1S/C13H18N2O3/c1-13(2,3)18-12(16)15-7-8-17-11-9(14)5-4-6-10(11)15/h4-6H,7-8,14H2,1-3H3. The maximum atomic E-state index is 12.1. The monoisotopic (exact) mass is 250 g/mol. The largest absolute Gasteiger partial charge is 0.487 e. The Hall–Kier alpha value is -1.91. The first-order valence-corrected chi connectivity index (χ1v) is 5.90. The van der Waals surface area contributed by atoms with E-state index in [1.807, 2.05) is 20.8 Å². The number of nitrogen functional groups attached to an aromatic ring is 1. The number of amides is 1. The summed E-state index contributed by atoms with van der Waals surface area (Å²) in [6.45, 7) is 6.40. The number of para-hydroxylation sites is 1. The van der Waals surface area contributed by atoms with E-state index in [-0.39, 0.29) is 6.09 Å². The van der Waals surface area contributed by atoms with Gasteiger partial charge in [0.2, 0.25) is 0 Å². The molecule has 0 saturated carbocycles. The van der Waals surface area contributed by atoms with Gasteiger partial charge >= 0.3 is 6.09 Å². The first kappa shape index (κ1) is 12.5. The van der Waals surface area contributed by atoms with Crippen molar-refractivity contribution in [2.75, 3.05) is 23.8 Å². The molecule has 0 fully saturated rings.